The lowest BCUT2D eigenvalue weighted by atomic mass is 10.1. The van der Waals surface area contributed by atoms with Crippen LogP contribution >= 0.6 is 11.8 Å². The fourth-order valence-corrected chi connectivity index (χ4v) is 2.40. The SMILES string of the molecule is CC(C)C1CNCCCS1. The molecule has 1 heterocycles. The first-order valence-electron chi connectivity index (χ1n) is 4.13. The molecule has 1 aliphatic rings. The van der Waals surface area contributed by atoms with Crippen LogP contribution in [0, 0.1) is 5.92 Å². The Kier molecular flexibility index (Phi) is 3.57. The van der Waals surface area contributed by atoms with E-state index >= 15 is 0 Å². The van der Waals surface area contributed by atoms with Gasteiger partial charge in [0.15, 0.2) is 0 Å². The summed E-state index contributed by atoms with van der Waals surface area (Å²) in [6.45, 7) is 7.05. The summed E-state index contributed by atoms with van der Waals surface area (Å²) in [4.78, 5) is 0. The number of thioether (sulfide) groups is 1. The van der Waals surface area contributed by atoms with E-state index in [2.05, 4.69) is 30.9 Å². The predicted molar refractivity (Wildman–Crippen MR) is 48.6 cm³/mol. The van der Waals surface area contributed by atoms with Gasteiger partial charge in [-0.25, -0.2) is 0 Å². The van der Waals surface area contributed by atoms with E-state index in [0.29, 0.717) is 0 Å². The summed E-state index contributed by atoms with van der Waals surface area (Å²) in [5.74, 6) is 2.17. The largest absolute Gasteiger partial charge is 0.316 e. The lowest BCUT2D eigenvalue weighted by Crippen LogP contribution is -2.26. The fourth-order valence-electron chi connectivity index (χ4n) is 1.16. The molecule has 0 aromatic carbocycles. The molecule has 60 valence electrons. The van der Waals surface area contributed by atoms with Gasteiger partial charge in [0.05, 0.1) is 0 Å². The fraction of sp³-hybridized carbons (Fsp3) is 1.00. The summed E-state index contributed by atoms with van der Waals surface area (Å²) in [7, 11) is 0. The molecule has 1 saturated heterocycles. The molecule has 1 N–H and O–H groups in total. The van der Waals surface area contributed by atoms with Crippen molar-refractivity contribution in [2.75, 3.05) is 18.8 Å². The molecule has 0 bridgehead atoms. The van der Waals surface area contributed by atoms with Gasteiger partial charge in [-0.1, -0.05) is 13.8 Å². The van der Waals surface area contributed by atoms with Gasteiger partial charge in [-0.2, -0.15) is 11.8 Å². The molecular formula is C8H17NS. The van der Waals surface area contributed by atoms with Crippen molar-refractivity contribution in [2.45, 2.75) is 25.5 Å². The van der Waals surface area contributed by atoms with Gasteiger partial charge in [0, 0.05) is 11.8 Å². The number of hydrogen-bond acceptors (Lipinski definition) is 2. The van der Waals surface area contributed by atoms with E-state index in [-0.39, 0.29) is 0 Å². The molecule has 0 amide bonds. The number of rotatable bonds is 1. The summed E-state index contributed by atoms with van der Waals surface area (Å²) in [6, 6.07) is 0. The van der Waals surface area contributed by atoms with Gasteiger partial charge in [0.1, 0.15) is 0 Å². The van der Waals surface area contributed by atoms with Crippen LogP contribution in [0.5, 0.6) is 0 Å². The van der Waals surface area contributed by atoms with E-state index in [0.717, 1.165) is 11.2 Å². The van der Waals surface area contributed by atoms with E-state index in [9.17, 15) is 0 Å². The highest BCUT2D eigenvalue weighted by atomic mass is 32.2. The van der Waals surface area contributed by atoms with Gasteiger partial charge >= 0.3 is 0 Å². The molecular weight excluding hydrogens is 142 g/mol. The molecule has 0 aromatic heterocycles. The maximum atomic E-state index is 3.46. The van der Waals surface area contributed by atoms with Crippen LogP contribution in [-0.4, -0.2) is 24.1 Å². The summed E-state index contributed by atoms with van der Waals surface area (Å²) < 4.78 is 0. The van der Waals surface area contributed by atoms with Gasteiger partial charge in [0.25, 0.3) is 0 Å². The van der Waals surface area contributed by atoms with Crippen LogP contribution in [0.15, 0.2) is 0 Å². The number of hydrogen-bond donors (Lipinski definition) is 1. The smallest absolute Gasteiger partial charge is 0.0195 e. The minimum Gasteiger partial charge on any atom is -0.316 e. The van der Waals surface area contributed by atoms with Gasteiger partial charge in [-0.05, 0) is 24.6 Å². The van der Waals surface area contributed by atoms with Crippen molar-refractivity contribution < 1.29 is 0 Å². The molecule has 1 atom stereocenters. The lowest BCUT2D eigenvalue weighted by molar-refractivity contribution is 0.563. The second-order valence-electron chi connectivity index (χ2n) is 3.21. The zero-order chi connectivity index (χ0) is 7.40. The maximum absolute atomic E-state index is 3.46. The molecule has 0 saturated carbocycles. The Morgan fingerprint density at radius 1 is 1.50 bits per heavy atom. The Balaban J connectivity index is 2.28. The average molecular weight is 159 g/mol. The summed E-state index contributed by atoms with van der Waals surface area (Å²) >= 11 is 2.13. The van der Waals surface area contributed by atoms with Crippen LogP contribution in [0.2, 0.25) is 0 Å². The lowest BCUT2D eigenvalue weighted by Gasteiger charge is -2.17. The topological polar surface area (TPSA) is 12.0 Å². The van der Waals surface area contributed by atoms with Crippen LogP contribution in [0.4, 0.5) is 0 Å². The third-order valence-electron chi connectivity index (χ3n) is 1.92. The summed E-state index contributed by atoms with van der Waals surface area (Å²) in [5.41, 5.74) is 0. The second-order valence-corrected chi connectivity index (χ2v) is 4.56. The molecule has 0 aliphatic carbocycles. The van der Waals surface area contributed by atoms with Crippen LogP contribution in [0.3, 0.4) is 0 Å². The molecule has 1 fully saturated rings. The van der Waals surface area contributed by atoms with Gasteiger partial charge in [-0.15, -0.1) is 0 Å². The van der Waals surface area contributed by atoms with Crippen molar-refractivity contribution in [3.8, 4) is 0 Å². The van der Waals surface area contributed by atoms with Gasteiger partial charge in [0.2, 0.25) is 0 Å². The second kappa shape index (κ2) is 4.24. The van der Waals surface area contributed by atoms with Crippen molar-refractivity contribution in [3.63, 3.8) is 0 Å². The van der Waals surface area contributed by atoms with E-state index < -0.39 is 0 Å². The third kappa shape index (κ3) is 2.51. The van der Waals surface area contributed by atoms with Gasteiger partial charge in [-0.3, -0.25) is 0 Å². The molecule has 2 heteroatoms. The third-order valence-corrected chi connectivity index (χ3v) is 3.58. The number of nitrogens with one attached hydrogen (secondary N) is 1. The van der Waals surface area contributed by atoms with Crippen molar-refractivity contribution in [1.82, 2.24) is 5.32 Å². The monoisotopic (exact) mass is 159 g/mol. The molecule has 0 radical (unpaired) electrons. The molecule has 10 heavy (non-hydrogen) atoms. The Labute approximate surface area is 68.0 Å². The van der Waals surface area contributed by atoms with Crippen molar-refractivity contribution in [1.29, 1.82) is 0 Å². The molecule has 0 aromatic rings. The van der Waals surface area contributed by atoms with E-state index in [4.69, 9.17) is 0 Å². The minimum absolute atomic E-state index is 0.829. The Bertz CT molecular complexity index is 85.3. The van der Waals surface area contributed by atoms with Crippen LogP contribution in [0.25, 0.3) is 0 Å². The molecule has 0 spiro atoms. The quantitative estimate of drug-likeness (QED) is 0.625. The first-order valence-corrected chi connectivity index (χ1v) is 5.18. The molecule has 1 aliphatic heterocycles. The van der Waals surface area contributed by atoms with E-state index in [1.807, 2.05) is 0 Å². The zero-order valence-corrected chi connectivity index (χ0v) is 7.71. The van der Waals surface area contributed by atoms with Crippen LogP contribution < -0.4 is 5.32 Å². The Hall–Kier alpha value is 0.310. The normalized spacial score (nSPS) is 28.5. The maximum Gasteiger partial charge on any atom is 0.0195 e. The zero-order valence-electron chi connectivity index (χ0n) is 6.89. The standard InChI is InChI=1S/C8H17NS/c1-7(2)8-6-9-4-3-5-10-8/h7-9H,3-6H2,1-2H3. The highest BCUT2D eigenvalue weighted by Crippen LogP contribution is 2.20. The van der Waals surface area contributed by atoms with Crippen molar-refractivity contribution in [2.24, 2.45) is 5.92 Å². The predicted octanol–water partition coefficient (Wildman–Crippen LogP) is 1.74. The average Bonchev–Trinajstić information content (AvgIpc) is 2.12. The first-order chi connectivity index (χ1) is 4.80. The Morgan fingerprint density at radius 2 is 2.30 bits per heavy atom. The first kappa shape index (κ1) is 8.41. The van der Waals surface area contributed by atoms with Crippen LogP contribution in [0.1, 0.15) is 20.3 Å². The minimum atomic E-state index is 0.829. The molecule has 1 rings (SSSR count). The van der Waals surface area contributed by atoms with Crippen molar-refractivity contribution >= 4 is 11.8 Å². The van der Waals surface area contributed by atoms with Crippen LogP contribution in [-0.2, 0) is 0 Å². The van der Waals surface area contributed by atoms with Gasteiger partial charge < -0.3 is 5.32 Å². The summed E-state index contributed by atoms with van der Waals surface area (Å²) in [5, 5.41) is 4.31. The highest BCUT2D eigenvalue weighted by Gasteiger charge is 2.14. The summed E-state index contributed by atoms with van der Waals surface area (Å²) in [6.07, 6.45) is 1.34. The Morgan fingerprint density at radius 3 is 3.00 bits per heavy atom. The molecule has 1 nitrogen and oxygen atoms in total. The highest BCUT2D eigenvalue weighted by molar-refractivity contribution is 7.99. The van der Waals surface area contributed by atoms with Crippen molar-refractivity contribution in [3.05, 3.63) is 0 Å². The van der Waals surface area contributed by atoms with E-state index in [1.54, 1.807) is 0 Å². The molecule has 1 unspecified atom stereocenters. The van der Waals surface area contributed by atoms with E-state index in [1.165, 1.54) is 25.3 Å².